The Morgan fingerprint density at radius 1 is 1.00 bits per heavy atom. The van der Waals surface area contributed by atoms with Crippen LogP contribution in [0.4, 0.5) is 0 Å². The van der Waals surface area contributed by atoms with Crippen LogP contribution in [0.3, 0.4) is 0 Å². The fourth-order valence-corrected chi connectivity index (χ4v) is 2.42. The Balaban J connectivity index is 2.98. The molecule has 0 unspecified atom stereocenters. The normalized spacial score (nSPS) is 16.1. The first-order chi connectivity index (χ1) is 9.35. The highest BCUT2D eigenvalue weighted by Crippen LogP contribution is 2.34. The molecule has 20 heavy (non-hydrogen) atoms. The van der Waals surface area contributed by atoms with Crippen LogP contribution < -0.4 is 0 Å². The summed E-state index contributed by atoms with van der Waals surface area (Å²) >= 11 is 0. The summed E-state index contributed by atoms with van der Waals surface area (Å²) in [6, 6.07) is 3.91. The standard InChI is InChI=1S/C15H24O5/c1-9(2)5-13(14(19)3-4-16)15(20)10-6-11(17)8-12(18)7-10/h6-9,13-20H,3-5H2,1-2H3/t13-,14-,15+/m1/s1. The lowest BCUT2D eigenvalue weighted by molar-refractivity contribution is -0.0102. The van der Waals surface area contributed by atoms with Crippen molar-refractivity contribution in [1.29, 1.82) is 0 Å². The summed E-state index contributed by atoms with van der Waals surface area (Å²) in [4.78, 5) is 0. The van der Waals surface area contributed by atoms with Crippen molar-refractivity contribution in [2.75, 3.05) is 6.61 Å². The van der Waals surface area contributed by atoms with Crippen LogP contribution in [-0.2, 0) is 0 Å². The topological polar surface area (TPSA) is 101 Å². The molecule has 0 aliphatic carbocycles. The summed E-state index contributed by atoms with van der Waals surface area (Å²) in [6.45, 7) is 3.80. The van der Waals surface area contributed by atoms with Crippen molar-refractivity contribution in [2.24, 2.45) is 11.8 Å². The van der Waals surface area contributed by atoms with E-state index in [-0.39, 0.29) is 30.4 Å². The van der Waals surface area contributed by atoms with Crippen molar-refractivity contribution in [1.82, 2.24) is 0 Å². The molecule has 0 saturated carbocycles. The third-order valence-electron chi connectivity index (χ3n) is 3.33. The van der Waals surface area contributed by atoms with Crippen molar-refractivity contribution in [3.05, 3.63) is 23.8 Å². The highest BCUT2D eigenvalue weighted by molar-refractivity contribution is 5.37. The van der Waals surface area contributed by atoms with Gasteiger partial charge in [-0.25, -0.2) is 0 Å². The molecule has 1 aromatic rings. The fraction of sp³-hybridized carbons (Fsp3) is 0.600. The van der Waals surface area contributed by atoms with Gasteiger partial charge in [-0.15, -0.1) is 0 Å². The predicted octanol–water partition coefficient (Wildman–Crippen LogP) is 1.54. The van der Waals surface area contributed by atoms with E-state index in [1.165, 1.54) is 18.2 Å². The van der Waals surface area contributed by atoms with E-state index in [2.05, 4.69) is 0 Å². The van der Waals surface area contributed by atoms with Crippen molar-refractivity contribution in [3.8, 4) is 11.5 Å². The second-order valence-corrected chi connectivity index (χ2v) is 5.60. The molecule has 0 aliphatic heterocycles. The summed E-state index contributed by atoms with van der Waals surface area (Å²) in [5.41, 5.74) is 0.352. The molecule has 0 bridgehead atoms. The number of hydrogen-bond acceptors (Lipinski definition) is 5. The second kappa shape index (κ2) is 7.47. The van der Waals surface area contributed by atoms with Gasteiger partial charge >= 0.3 is 0 Å². The maximum Gasteiger partial charge on any atom is 0.119 e. The molecule has 0 saturated heterocycles. The number of phenolic OH excluding ortho intramolecular Hbond substituents is 2. The molecule has 0 fully saturated rings. The average molecular weight is 284 g/mol. The number of benzene rings is 1. The second-order valence-electron chi connectivity index (χ2n) is 5.60. The monoisotopic (exact) mass is 284 g/mol. The van der Waals surface area contributed by atoms with Crippen molar-refractivity contribution in [3.63, 3.8) is 0 Å². The van der Waals surface area contributed by atoms with E-state index < -0.39 is 18.1 Å². The predicted molar refractivity (Wildman–Crippen MR) is 75.4 cm³/mol. The van der Waals surface area contributed by atoms with Gasteiger partial charge in [0.05, 0.1) is 12.2 Å². The van der Waals surface area contributed by atoms with Gasteiger partial charge < -0.3 is 25.5 Å². The van der Waals surface area contributed by atoms with Crippen molar-refractivity contribution < 1.29 is 25.5 Å². The largest absolute Gasteiger partial charge is 0.508 e. The summed E-state index contributed by atoms with van der Waals surface area (Å²) in [7, 11) is 0. The third kappa shape index (κ3) is 4.67. The molecule has 1 rings (SSSR count). The lowest BCUT2D eigenvalue weighted by Gasteiger charge is -2.29. The number of aliphatic hydroxyl groups excluding tert-OH is 3. The van der Waals surface area contributed by atoms with Crippen molar-refractivity contribution in [2.45, 2.75) is 38.9 Å². The Morgan fingerprint density at radius 2 is 1.55 bits per heavy atom. The van der Waals surface area contributed by atoms with E-state index in [0.717, 1.165) is 0 Å². The lowest BCUT2D eigenvalue weighted by Crippen LogP contribution is -2.29. The molecular weight excluding hydrogens is 260 g/mol. The minimum atomic E-state index is -1.02. The van der Waals surface area contributed by atoms with Crippen LogP contribution in [0.25, 0.3) is 0 Å². The quantitative estimate of drug-likeness (QED) is 0.523. The highest BCUT2D eigenvalue weighted by Gasteiger charge is 2.29. The average Bonchev–Trinajstić information content (AvgIpc) is 2.34. The van der Waals surface area contributed by atoms with Crippen LogP contribution in [0.15, 0.2) is 18.2 Å². The van der Waals surface area contributed by atoms with Gasteiger partial charge in [0.25, 0.3) is 0 Å². The lowest BCUT2D eigenvalue weighted by atomic mass is 9.83. The summed E-state index contributed by atoms with van der Waals surface area (Å²) < 4.78 is 0. The van der Waals surface area contributed by atoms with E-state index in [4.69, 9.17) is 5.11 Å². The fourth-order valence-electron chi connectivity index (χ4n) is 2.42. The molecule has 1 aromatic carbocycles. The van der Waals surface area contributed by atoms with E-state index in [0.29, 0.717) is 12.0 Å². The van der Waals surface area contributed by atoms with Gasteiger partial charge in [0, 0.05) is 18.6 Å². The first kappa shape index (κ1) is 16.8. The SMILES string of the molecule is CC(C)C[C@H]([C@H](O)CCO)[C@@H](O)c1cc(O)cc(O)c1. The molecule has 0 amide bonds. The summed E-state index contributed by atoms with van der Waals surface area (Å²) in [5, 5.41) is 48.4. The number of rotatable bonds is 7. The first-order valence-electron chi connectivity index (χ1n) is 6.85. The Bertz CT molecular complexity index is 398. The maximum absolute atomic E-state index is 10.4. The van der Waals surface area contributed by atoms with Gasteiger partial charge in [-0.05, 0) is 36.5 Å². The molecule has 0 aromatic heterocycles. The van der Waals surface area contributed by atoms with Gasteiger partial charge in [-0.3, -0.25) is 0 Å². The molecule has 0 heterocycles. The van der Waals surface area contributed by atoms with E-state index >= 15 is 0 Å². The highest BCUT2D eigenvalue weighted by atomic mass is 16.3. The Morgan fingerprint density at radius 3 is 2.00 bits per heavy atom. The van der Waals surface area contributed by atoms with Gasteiger partial charge in [0.15, 0.2) is 0 Å². The van der Waals surface area contributed by atoms with Gasteiger partial charge in [0.2, 0.25) is 0 Å². The smallest absolute Gasteiger partial charge is 0.119 e. The summed E-state index contributed by atoms with van der Waals surface area (Å²) in [5.74, 6) is -0.491. The molecular formula is C15H24O5. The zero-order chi connectivity index (χ0) is 15.3. The molecule has 5 N–H and O–H groups in total. The van der Waals surface area contributed by atoms with Crippen LogP contribution in [-0.4, -0.2) is 38.2 Å². The van der Waals surface area contributed by atoms with Gasteiger partial charge in [-0.2, -0.15) is 0 Å². The van der Waals surface area contributed by atoms with E-state index in [1.54, 1.807) is 0 Å². The van der Waals surface area contributed by atoms with E-state index in [1.807, 2.05) is 13.8 Å². The molecule has 0 radical (unpaired) electrons. The minimum Gasteiger partial charge on any atom is -0.508 e. The Labute approximate surface area is 119 Å². The summed E-state index contributed by atoms with van der Waals surface area (Å²) in [6.07, 6.45) is -1.11. The van der Waals surface area contributed by atoms with Crippen LogP contribution >= 0.6 is 0 Å². The number of aromatic hydroxyl groups is 2. The molecule has 0 spiro atoms. The Hall–Kier alpha value is -1.30. The van der Waals surface area contributed by atoms with Gasteiger partial charge in [0.1, 0.15) is 11.5 Å². The zero-order valence-electron chi connectivity index (χ0n) is 11.9. The van der Waals surface area contributed by atoms with Crippen LogP contribution in [0.1, 0.15) is 38.4 Å². The van der Waals surface area contributed by atoms with E-state index in [9.17, 15) is 20.4 Å². The van der Waals surface area contributed by atoms with Gasteiger partial charge in [-0.1, -0.05) is 13.8 Å². The maximum atomic E-state index is 10.4. The molecule has 5 nitrogen and oxygen atoms in total. The Kier molecular flexibility index (Phi) is 6.26. The molecule has 3 atom stereocenters. The zero-order valence-corrected chi connectivity index (χ0v) is 11.9. The minimum absolute atomic E-state index is 0.140. The third-order valence-corrected chi connectivity index (χ3v) is 3.33. The van der Waals surface area contributed by atoms with Crippen molar-refractivity contribution >= 4 is 0 Å². The number of phenols is 2. The number of aliphatic hydroxyl groups is 3. The van der Waals surface area contributed by atoms with Crippen LogP contribution in [0.5, 0.6) is 11.5 Å². The molecule has 5 heteroatoms. The molecule has 0 aliphatic rings. The first-order valence-corrected chi connectivity index (χ1v) is 6.85. The van der Waals surface area contributed by atoms with Crippen LogP contribution in [0, 0.1) is 11.8 Å². The number of hydrogen-bond donors (Lipinski definition) is 5. The molecule has 114 valence electrons. The van der Waals surface area contributed by atoms with Crippen LogP contribution in [0.2, 0.25) is 0 Å².